The summed E-state index contributed by atoms with van der Waals surface area (Å²) in [5.41, 5.74) is 0.593. The van der Waals surface area contributed by atoms with Crippen molar-refractivity contribution < 1.29 is 24.2 Å². The Kier molecular flexibility index (Phi) is 8.74. The summed E-state index contributed by atoms with van der Waals surface area (Å²) < 4.78 is 11.2. The molecule has 0 bridgehead atoms. The molecule has 2 fully saturated rings. The van der Waals surface area contributed by atoms with Gasteiger partial charge in [-0.15, -0.1) is 0 Å². The van der Waals surface area contributed by atoms with Crippen LogP contribution in [0.2, 0.25) is 5.02 Å². The van der Waals surface area contributed by atoms with Gasteiger partial charge in [0, 0.05) is 36.4 Å². The highest BCUT2D eigenvalue weighted by molar-refractivity contribution is 6.30. The summed E-state index contributed by atoms with van der Waals surface area (Å²) in [5, 5.41) is 18.8. The van der Waals surface area contributed by atoms with E-state index in [0.717, 1.165) is 19.3 Å². The zero-order chi connectivity index (χ0) is 21.3. The van der Waals surface area contributed by atoms with Crippen LogP contribution in [0.5, 0.6) is 0 Å². The normalized spacial score (nSPS) is 24.8. The first-order valence-corrected chi connectivity index (χ1v) is 10.9. The van der Waals surface area contributed by atoms with Crippen LogP contribution in [0.1, 0.15) is 32.1 Å². The van der Waals surface area contributed by atoms with Gasteiger partial charge in [-0.25, -0.2) is 4.79 Å². The van der Waals surface area contributed by atoms with Crippen molar-refractivity contribution in [2.75, 3.05) is 31.7 Å². The Balaban J connectivity index is 1.39. The molecule has 4 N–H and O–H groups in total. The third kappa shape index (κ3) is 6.84. The monoisotopic (exact) mass is 439 g/mol. The van der Waals surface area contributed by atoms with Crippen LogP contribution in [0, 0.1) is 5.92 Å². The fraction of sp³-hybridized carbons (Fsp3) is 0.619. The molecular weight excluding hydrogens is 410 g/mol. The molecule has 2 heterocycles. The number of aliphatic hydroxyl groups is 1. The summed E-state index contributed by atoms with van der Waals surface area (Å²) in [7, 11) is 0. The van der Waals surface area contributed by atoms with Crippen LogP contribution >= 0.6 is 11.6 Å². The lowest BCUT2D eigenvalue weighted by Gasteiger charge is -2.36. The van der Waals surface area contributed by atoms with E-state index >= 15 is 0 Å². The molecule has 1 aromatic carbocycles. The van der Waals surface area contributed by atoms with Crippen LogP contribution in [0.15, 0.2) is 24.3 Å². The van der Waals surface area contributed by atoms with Crippen molar-refractivity contribution in [3.63, 3.8) is 0 Å². The van der Waals surface area contributed by atoms with Crippen molar-refractivity contribution in [1.82, 2.24) is 10.6 Å². The Morgan fingerprint density at radius 2 is 1.97 bits per heavy atom. The van der Waals surface area contributed by atoms with Crippen molar-refractivity contribution >= 4 is 29.2 Å². The van der Waals surface area contributed by atoms with E-state index in [-0.39, 0.29) is 36.6 Å². The second kappa shape index (κ2) is 11.5. The number of urea groups is 1. The Hall–Kier alpha value is -1.87. The number of hydrogen-bond donors (Lipinski definition) is 4. The topological polar surface area (TPSA) is 109 Å². The molecule has 9 heteroatoms. The minimum atomic E-state index is -0.486. The van der Waals surface area contributed by atoms with Crippen LogP contribution < -0.4 is 16.0 Å². The number of ether oxygens (including phenoxy) is 2. The molecule has 0 aliphatic carbocycles. The van der Waals surface area contributed by atoms with Crippen molar-refractivity contribution in [3.8, 4) is 0 Å². The number of carbonyl (C=O) groups excluding carboxylic acids is 2. The third-order valence-corrected chi connectivity index (χ3v) is 5.79. The van der Waals surface area contributed by atoms with E-state index in [0.29, 0.717) is 43.3 Å². The number of amides is 3. The molecule has 166 valence electrons. The van der Waals surface area contributed by atoms with Gasteiger partial charge in [-0.1, -0.05) is 17.7 Å². The molecule has 0 unspecified atom stereocenters. The molecule has 3 amide bonds. The van der Waals surface area contributed by atoms with Crippen molar-refractivity contribution in [2.45, 2.75) is 50.4 Å². The van der Waals surface area contributed by atoms with Crippen molar-refractivity contribution in [1.29, 1.82) is 0 Å². The first kappa shape index (κ1) is 22.8. The van der Waals surface area contributed by atoms with E-state index in [1.165, 1.54) is 0 Å². The first-order valence-electron chi connectivity index (χ1n) is 10.5. The van der Waals surface area contributed by atoms with Gasteiger partial charge in [-0.3, -0.25) is 4.79 Å². The number of nitrogens with one attached hydrogen (secondary N) is 3. The zero-order valence-corrected chi connectivity index (χ0v) is 17.7. The minimum Gasteiger partial charge on any atom is -0.394 e. The molecule has 3 atom stereocenters. The molecule has 1 aromatic rings. The molecule has 2 aliphatic heterocycles. The SMILES string of the molecule is O=C(Nc1cccc(Cl)c1)N[C@H]1CC[C@H](CCNC(=O)C2CCOCC2)O[C@H]1CO. The highest BCUT2D eigenvalue weighted by Gasteiger charge is 2.32. The molecule has 8 nitrogen and oxygen atoms in total. The van der Waals surface area contributed by atoms with E-state index < -0.39 is 6.10 Å². The average Bonchev–Trinajstić information content (AvgIpc) is 2.75. The number of halogens is 1. The molecule has 0 saturated carbocycles. The Morgan fingerprint density at radius 1 is 1.17 bits per heavy atom. The fourth-order valence-corrected chi connectivity index (χ4v) is 4.06. The van der Waals surface area contributed by atoms with Gasteiger partial charge in [0.05, 0.1) is 18.8 Å². The lowest BCUT2D eigenvalue weighted by molar-refractivity contribution is -0.128. The summed E-state index contributed by atoms with van der Waals surface area (Å²) in [6.07, 6.45) is 3.09. The second-order valence-corrected chi connectivity index (χ2v) is 8.17. The molecule has 0 spiro atoms. The molecule has 0 aromatic heterocycles. The van der Waals surface area contributed by atoms with Gasteiger partial charge in [0.2, 0.25) is 5.91 Å². The van der Waals surface area contributed by atoms with Crippen molar-refractivity contribution in [2.24, 2.45) is 5.92 Å². The van der Waals surface area contributed by atoms with E-state index in [4.69, 9.17) is 21.1 Å². The second-order valence-electron chi connectivity index (χ2n) is 7.74. The predicted octanol–water partition coefficient (Wildman–Crippen LogP) is 2.30. The van der Waals surface area contributed by atoms with Crippen LogP contribution in [0.25, 0.3) is 0 Å². The number of anilines is 1. The summed E-state index contributed by atoms with van der Waals surface area (Å²) in [4.78, 5) is 24.5. The molecule has 30 heavy (non-hydrogen) atoms. The maximum atomic E-state index is 12.3. The maximum absolute atomic E-state index is 12.3. The van der Waals surface area contributed by atoms with Gasteiger partial charge in [0.15, 0.2) is 0 Å². The van der Waals surface area contributed by atoms with Crippen LogP contribution in [0.4, 0.5) is 10.5 Å². The molecule has 2 saturated heterocycles. The molecule has 0 radical (unpaired) electrons. The van der Waals surface area contributed by atoms with Gasteiger partial charge >= 0.3 is 6.03 Å². The predicted molar refractivity (Wildman–Crippen MR) is 114 cm³/mol. The minimum absolute atomic E-state index is 0.0304. The zero-order valence-electron chi connectivity index (χ0n) is 16.9. The third-order valence-electron chi connectivity index (χ3n) is 5.55. The Labute approximate surface area is 181 Å². The summed E-state index contributed by atoms with van der Waals surface area (Å²) in [6, 6.07) is 6.23. The fourth-order valence-electron chi connectivity index (χ4n) is 3.87. The van der Waals surface area contributed by atoms with Gasteiger partial charge in [-0.05, 0) is 50.3 Å². The number of aliphatic hydroxyl groups excluding tert-OH is 1. The summed E-state index contributed by atoms with van der Waals surface area (Å²) in [5.74, 6) is 0.104. The maximum Gasteiger partial charge on any atom is 0.319 e. The average molecular weight is 440 g/mol. The van der Waals surface area contributed by atoms with Crippen molar-refractivity contribution in [3.05, 3.63) is 29.3 Å². The standard InChI is InChI=1S/C21H30ClN3O5/c22-15-2-1-3-16(12-15)24-21(28)25-18-5-4-17(30-19(18)13-26)6-9-23-20(27)14-7-10-29-11-8-14/h1-3,12,14,17-19,26H,4-11,13H2,(H,23,27)(H2,24,25,28)/t17-,18+,19+/m1/s1. The number of rotatable bonds is 7. The smallest absolute Gasteiger partial charge is 0.319 e. The number of carbonyl (C=O) groups is 2. The van der Waals surface area contributed by atoms with Gasteiger partial charge < -0.3 is 30.5 Å². The van der Waals surface area contributed by atoms with E-state index in [1.54, 1.807) is 24.3 Å². The van der Waals surface area contributed by atoms with E-state index in [2.05, 4.69) is 16.0 Å². The largest absolute Gasteiger partial charge is 0.394 e. The Bertz CT molecular complexity index is 714. The summed E-state index contributed by atoms with van der Waals surface area (Å²) >= 11 is 5.93. The Morgan fingerprint density at radius 3 is 2.70 bits per heavy atom. The summed E-state index contributed by atoms with van der Waals surface area (Å²) in [6.45, 7) is 1.63. The lowest BCUT2D eigenvalue weighted by atomic mass is 9.96. The van der Waals surface area contributed by atoms with E-state index in [9.17, 15) is 14.7 Å². The first-order chi connectivity index (χ1) is 14.5. The van der Waals surface area contributed by atoms with Gasteiger partial charge in [0.1, 0.15) is 6.10 Å². The van der Waals surface area contributed by atoms with Crippen LogP contribution in [-0.4, -0.2) is 61.7 Å². The highest BCUT2D eigenvalue weighted by Crippen LogP contribution is 2.22. The molecule has 2 aliphatic rings. The van der Waals surface area contributed by atoms with Gasteiger partial charge in [-0.2, -0.15) is 0 Å². The molecular formula is C21H30ClN3O5. The van der Waals surface area contributed by atoms with Crippen LogP contribution in [-0.2, 0) is 14.3 Å². The lowest BCUT2D eigenvalue weighted by Crippen LogP contribution is -2.52. The quantitative estimate of drug-likeness (QED) is 0.521. The van der Waals surface area contributed by atoms with E-state index in [1.807, 2.05) is 0 Å². The number of benzene rings is 1. The highest BCUT2D eigenvalue weighted by atomic mass is 35.5. The van der Waals surface area contributed by atoms with Crippen LogP contribution in [0.3, 0.4) is 0 Å². The van der Waals surface area contributed by atoms with Gasteiger partial charge in [0.25, 0.3) is 0 Å². The number of hydrogen-bond acceptors (Lipinski definition) is 5. The molecule has 3 rings (SSSR count).